The van der Waals surface area contributed by atoms with Crippen LogP contribution >= 0.6 is 0 Å². The molecular weight excluding hydrogens is 222 g/mol. The van der Waals surface area contributed by atoms with Gasteiger partial charge in [-0.05, 0) is 12.1 Å². The van der Waals surface area contributed by atoms with Gasteiger partial charge in [0, 0.05) is 0 Å². The van der Waals surface area contributed by atoms with E-state index in [9.17, 15) is 9.90 Å². The molecule has 17 heavy (non-hydrogen) atoms. The van der Waals surface area contributed by atoms with Gasteiger partial charge in [0.2, 0.25) is 5.65 Å². The Labute approximate surface area is 94.2 Å². The lowest BCUT2D eigenvalue weighted by atomic mass is 10.2. The van der Waals surface area contributed by atoms with E-state index in [2.05, 4.69) is 25.4 Å². The summed E-state index contributed by atoms with van der Waals surface area (Å²) in [5.41, 5.74) is 0.396. The van der Waals surface area contributed by atoms with E-state index < -0.39 is 5.56 Å². The van der Waals surface area contributed by atoms with Gasteiger partial charge < -0.3 is 10.1 Å². The molecule has 0 amide bonds. The van der Waals surface area contributed by atoms with E-state index in [-0.39, 0.29) is 22.7 Å². The lowest BCUT2D eigenvalue weighted by Gasteiger charge is -2.02. The predicted molar refractivity (Wildman–Crippen MR) is 59.4 cm³/mol. The highest BCUT2D eigenvalue weighted by molar-refractivity contribution is 5.72. The predicted octanol–water partition coefficient (Wildman–Crippen LogP) is 0.414. The second kappa shape index (κ2) is 3.41. The maximum Gasteiger partial charge on any atom is 0.281 e. The summed E-state index contributed by atoms with van der Waals surface area (Å²) in [7, 11) is 0. The highest BCUT2D eigenvalue weighted by Gasteiger charge is 2.11. The van der Waals surface area contributed by atoms with Gasteiger partial charge in [-0.1, -0.05) is 12.1 Å². The Kier molecular flexibility index (Phi) is 1.91. The van der Waals surface area contributed by atoms with Crippen molar-refractivity contribution in [2.45, 2.75) is 0 Å². The molecule has 0 aliphatic heterocycles. The van der Waals surface area contributed by atoms with Crippen molar-refractivity contribution in [1.29, 1.82) is 0 Å². The number of H-pyrrole nitrogens is 2. The van der Waals surface area contributed by atoms with Gasteiger partial charge in [0.1, 0.15) is 11.6 Å². The monoisotopic (exact) mass is 229 g/mol. The van der Waals surface area contributed by atoms with Crippen molar-refractivity contribution in [3.63, 3.8) is 0 Å². The van der Waals surface area contributed by atoms with Crippen LogP contribution in [-0.2, 0) is 0 Å². The van der Waals surface area contributed by atoms with Gasteiger partial charge >= 0.3 is 0 Å². The molecular formula is C10H7N5O2. The highest BCUT2D eigenvalue weighted by Crippen LogP contribution is 2.24. The van der Waals surface area contributed by atoms with Crippen LogP contribution in [0.5, 0.6) is 5.75 Å². The molecule has 7 nitrogen and oxygen atoms in total. The Hall–Kier alpha value is -2.70. The zero-order valence-corrected chi connectivity index (χ0v) is 8.51. The van der Waals surface area contributed by atoms with Crippen LogP contribution in [0, 0.1) is 0 Å². The first-order valence-corrected chi connectivity index (χ1v) is 4.85. The minimum absolute atomic E-state index is 0.0403. The molecule has 0 bridgehead atoms. The molecule has 0 atom stereocenters. The highest BCUT2D eigenvalue weighted by atomic mass is 16.3. The molecule has 1 aromatic carbocycles. The molecule has 0 radical (unpaired) electrons. The molecule has 0 fully saturated rings. The summed E-state index contributed by atoms with van der Waals surface area (Å²) in [4.78, 5) is 18.3. The van der Waals surface area contributed by atoms with Crippen molar-refractivity contribution in [2.24, 2.45) is 0 Å². The molecule has 0 spiro atoms. The second-order valence-electron chi connectivity index (χ2n) is 3.43. The van der Waals surface area contributed by atoms with E-state index >= 15 is 0 Å². The third-order valence-electron chi connectivity index (χ3n) is 2.35. The number of aromatic amines is 2. The molecule has 0 aliphatic carbocycles. The van der Waals surface area contributed by atoms with Gasteiger partial charge in [-0.15, -0.1) is 10.2 Å². The summed E-state index contributed by atoms with van der Waals surface area (Å²) in [6.45, 7) is 0. The van der Waals surface area contributed by atoms with Gasteiger partial charge in [-0.25, -0.2) is 4.98 Å². The van der Waals surface area contributed by atoms with Crippen LogP contribution in [0.4, 0.5) is 0 Å². The third-order valence-corrected chi connectivity index (χ3v) is 2.35. The number of hydrogen-bond donors (Lipinski definition) is 3. The normalized spacial score (nSPS) is 10.8. The number of phenols is 1. The number of benzene rings is 1. The SMILES string of the molecule is O=c1[nH]c(-c2ccccc2O)nc2n[nH]nc12. The smallest absolute Gasteiger partial charge is 0.281 e. The van der Waals surface area contributed by atoms with Crippen LogP contribution in [0.25, 0.3) is 22.6 Å². The summed E-state index contributed by atoms with van der Waals surface area (Å²) in [6.07, 6.45) is 0. The molecule has 3 aromatic rings. The molecule has 84 valence electrons. The number of phenolic OH excluding ortho intramolecular Hbond substituents is 1. The lowest BCUT2D eigenvalue weighted by molar-refractivity contribution is 0.477. The van der Waals surface area contributed by atoms with E-state index in [1.807, 2.05) is 0 Å². The number of nitrogens with one attached hydrogen (secondary N) is 2. The summed E-state index contributed by atoms with van der Waals surface area (Å²) in [6, 6.07) is 6.59. The van der Waals surface area contributed by atoms with E-state index in [1.54, 1.807) is 18.2 Å². The van der Waals surface area contributed by atoms with Crippen molar-refractivity contribution < 1.29 is 5.11 Å². The number of rotatable bonds is 1. The Morgan fingerprint density at radius 1 is 1.18 bits per heavy atom. The average Bonchev–Trinajstić information content (AvgIpc) is 2.78. The van der Waals surface area contributed by atoms with Crippen molar-refractivity contribution in [2.75, 3.05) is 0 Å². The second-order valence-corrected chi connectivity index (χ2v) is 3.43. The first kappa shape index (κ1) is 9.52. The lowest BCUT2D eigenvalue weighted by Crippen LogP contribution is -2.09. The van der Waals surface area contributed by atoms with Crippen molar-refractivity contribution in [3.05, 3.63) is 34.6 Å². The van der Waals surface area contributed by atoms with Crippen LogP contribution in [0.2, 0.25) is 0 Å². The van der Waals surface area contributed by atoms with Crippen molar-refractivity contribution in [1.82, 2.24) is 25.4 Å². The number of hydrogen-bond acceptors (Lipinski definition) is 5. The Morgan fingerprint density at radius 2 is 2.00 bits per heavy atom. The van der Waals surface area contributed by atoms with E-state index in [4.69, 9.17) is 0 Å². The minimum Gasteiger partial charge on any atom is -0.507 e. The topological polar surface area (TPSA) is 108 Å². The Morgan fingerprint density at radius 3 is 2.82 bits per heavy atom. The number of aromatic nitrogens is 5. The van der Waals surface area contributed by atoms with Crippen LogP contribution in [0.1, 0.15) is 0 Å². The number of nitrogens with zero attached hydrogens (tertiary/aromatic N) is 3. The average molecular weight is 229 g/mol. The molecule has 7 heteroatoms. The van der Waals surface area contributed by atoms with Crippen LogP contribution < -0.4 is 5.56 Å². The molecule has 0 unspecified atom stereocenters. The van der Waals surface area contributed by atoms with E-state index in [1.165, 1.54) is 6.07 Å². The summed E-state index contributed by atoms with van der Waals surface area (Å²) in [5.74, 6) is 0.299. The fourth-order valence-electron chi connectivity index (χ4n) is 1.56. The largest absolute Gasteiger partial charge is 0.507 e. The standard InChI is InChI=1S/C10H7N5O2/c16-6-4-2-1-3-5(6)8-11-9-7(10(17)12-8)13-15-14-9/h1-4,16H,(H2,11,12,13,14,15,17). The summed E-state index contributed by atoms with van der Waals surface area (Å²) >= 11 is 0. The molecule has 2 heterocycles. The maximum atomic E-state index is 11.6. The maximum absolute atomic E-state index is 11.6. The molecule has 0 saturated heterocycles. The van der Waals surface area contributed by atoms with Crippen LogP contribution in [-0.4, -0.2) is 30.5 Å². The van der Waals surface area contributed by atoms with Crippen molar-refractivity contribution in [3.8, 4) is 17.1 Å². The van der Waals surface area contributed by atoms with Gasteiger partial charge in [0.25, 0.3) is 5.56 Å². The number of fused-ring (bicyclic) bond motifs is 1. The zero-order chi connectivity index (χ0) is 11.8. The number of aromatic hydroxyl groups is 1. The van der Waals surface area contributed by atoms with Crippen LogP contribution in [0.3, 0.4) is 0 Å². The molecule has 3 N–H and O–H groups in total. The third kappa shape index (κ3) is 1.44. The Bertz CT molecular complexity index is 746. The van der Waals surface area contributed by atoms with E-state index in [0.717, 1.165) is 0 Å². The summed E-state index contributed by atoms with van der Waals surface area (Å²) in [5, 5.41) is 19.4. The first-order chi connectivity index (χ1) is 8.25. The minimum atomic E-state index is -0.401. The molecule has 0 saturated carbocycles. The fraction of sp³-hybridized carbons (Fsp3) is 0. The first-order valence-electron chi connectivity index (χ1n) is 4.85. The molecule has 2 aromatic heterocycles. The molecule has 0 aliphatic rings. The quantitative estimate of drug-likeness (QED) is 0.560. The van der Waals surface area contributed by atoms with Crippen LogP contribution in [0.15, 0.2) is 29.1 Å². The Balaban J connectivity index is 2.32. The number of para-hydroxylation sites is 1. The van der Waals surface area contributed by atoms with Gasteiger partial charge in [-0.3, -0.25) is 4.79 Å². The van der Waals surface area contributed by atoms with Gasteiger partial charge in [0.05, 0.1) is 5.56 Å². The molecule has 3 rings (SSSR count). The van der Waals surface area contributed by atoms with E-state index in [0.29, 0.717) is 5.56 Å². The van der Waals surface area contributed by atoms with Gasteiger partial charge in [-0.2, -0.15) is 5.21 Å². The summed E-state index contributed by atoms with van der Waals surface area (Å²) < 4.78 is 0. The zero-order valence-electron chi connectivity index (χ0n) is 8.51. The van der Waals surface area contributed by atoms with Crippen molar-refractivity contribution >= 4 is 11.2 Å². The van der Waals surface area contributed by atoms with Gasteiger partial charge in [0.15, 0.2) is 5.52 Å². The fourth-order valence-corrected chi connectivity index (χ4v) is 1.56.